The van der Waals surface area contributed by atoms with Crippen molar-refractivity contribution in [2.75, 3.05) is 0 Å². The van der Waals surface area contributed by atoms with Crippen LogP contribution in [0.5, 0.6) is 0 Å². The first kappa shape index (κ1) is 10.7. The molecule has 88 valence electrons. The summed E-state index contributed by atoms with van der Waals surface area (Å²) in [6.45, 7) is 0. The van der Waals surface area contributed by atoms with Gasteiger partial charge in [0.2, 0.25) is 0 Å². The summed E-state index contributed by atoms with van der Waals surface area (Å²) in [4.78, 5) is 22.2. The molecule has 0 aliphatic carbocycles. The van der Waals surface area contributed by atoms with Crippen LogP contribution in [0.15, 0.2) is 36.4 Å². The Morgan fingerprint density at radius 1 is 0.944 bits per heavy atom. The van der Waals surface area contributed by atoms with Crippen LogP contribution in [-0.2, 0) is 7.05 Å². The third-order valence-corrected chi connectivity index (χ3v) is 3.39. The fraction of sp³-hybridized carbons (Fsp3) is 0.0667. The highest BCUT2D eigenvalue weighted by atomic mass is 16.1. The first-order valence-corrected chi connectivity index (χ1v) is 5.68. The van der Waals surface area contributed by atoms with Gasteiger partial charge in [-0.1, -0.05) is 30.3 Å². The van der Waals surface area contributed by atoms with E-state index < -0.39 is 0 Å². The molecule has 18 heavy (non-hydrogen) atoms. The highest BCUT2D eigenvalue weighted by Gasteiger charge is 2.13. The van der Waals surface area contributed by atoms with Crippen molar-refractivity contribution in [3.63, 3.8) is 0 Å². The van der Waals surface area contributed by atoms with E-state index in [1.165, 1.54) is 0 Å². The van der Waals surface area contributed by atoms with Crippen LogP contribution in [0.1, 0.15) is 20.7 Å². The van der Waals surface area contributed by atoms with Crippen LogP contribution in [0, 0.1) is 0 Å². The van der Waals surface area contributed by atoms with Crippen LogP contribution < -0.4 is 0 Å². The Kier molecular flexibility index (Phi) is 2.27. The molecule has 0 radical (unpaired) electrons. The number of fused-ring (bicyclic) bond motifs is 3. The van der Waals surface area contributed by atoms with Crippen molar-refractivity contribution in [3.05, 3.63) is 47.5 Å². The highest BCUT2D eigenvalue weighted by Crippen LogP contribution is 2.30. The summed E-state index contributed by atoms with van der Waals surface area (Å²) in [5.41, 5.74) is 2.76. The van der Waals surface area contributed by atoms with Gasteiger partial charge in [-0.05, 0) is 6.07 Å². The Morgan fingerprint density at radius 2 is 1.72 bits per heavy atom. The number of carbonyl (C=O) groups excluding carboxylic acids is 2. The van der Waals surface area contributed by atoms with Crippen molar-refractivity contribution in [3.8, 4) is 0 Å². The molecular formula is C15H11NO2. The summed E-state index contributed by atoms with van der Waals surface area (Å²) < 4.78 is 1.96. The molecule has 0 amide bonds. The smallest absolute Gasteiger partial charge is 0.152 e. The summed E-state index contributed by atoms with van der Waals surface area (Å²) in [6.07, 6.45) is 1.48. The van der Waals surface area contributed by atoms with Gasteiger partial charge in [0.25, 0.3) is 0 Å². The van der Waals surface area contributed by atoms with Gasteiger partial charge in [0.15, 0.2) is 12.6 Å². The zero-order valence-electron chi connectivity index (χ0n) is 9.88. The quantitative estimate of drug-likeness (QED) is 0.643. The Bertz CT molecular complexity index is 784. The molecule has 1 heterocycles. The average Bonchev–Trinajstić information content (AvgIpc) is 2.72. The van der Waals surface area contributed by atoms with Crippen LogP contribution in [0.4, 0.5) is 0 Å². The van der Waals surface area contributed by atoms with Crippen molar-refractivity contribution < 1.29 is 9.59 Å². The minimum Gasteiger partial charge on any atom is -0.343 e. The molecule has 0 aliphatic heterocycles. The standard InChI is InChI=1S/C15H11NO2/c1-16-14-5-3-2-4-11(14)12-7-6-10(8-17)13(9-18)15(12)16/h2-9H,1H3. The summed E-state index contributed by atoms with van der Waals surface area (Å²) in [5, 5.41) is 2.09. The van der Waals surface area contributed by atoms with Gasteiger partial charge in [0, 0.05) is 34.5 Å². The highest BCUT2D eigenvalue weighted by molar-refractivity contribution is 6.14. The maximum absolute atomic E-state index is 11.3. The van der Waals surface area contributed by atoms with E-state index >= 15 is 0 Å². The number of para-hydroxylation sites is 1. The van der Waals surface area contributed by atoms with E-state index in [0.717, 1.165) is 34.4 Å². The molecule has 3 aromatic rings. The largest absolute Gasteiger partial charge is 0.343 e. The number of rotatable bonds is 2. The SMILES string of the molecule is Cn1c2ccccc2c2ccc(C=O)c(C=O)c21. The summed E-state index contributed by atoms with van der Waals surface area (Å²) in [7, 11) is 1.91. The first-order valence-electron chi connectivity index (χ1n) is 5.68. The number of hydrogen-bond donors (Lipinski definition) is 0. The number of aldehydes is 2. The van der Waals surface area contributed by atoms with E-state index in [4.69, 9.17) is 0 Å². The molecule has 0 aliphatic rings. The molecule has 3 rings (SSSR count). The summed E-state index contributed by atoms with van der Waals surface area (Å²) >= 11 is 0. The number of nitrogens with zero attached hydrogens (tertiary/aromatic N) is 1. The minimum absolute atomic E-state index is 0.434. The molecular weight excluding hydrogens is 226 g/mol. The van der Waals surface area contributed by atoms with Gasteiger partial charge in [-0.2, -0.15) is 0 Å². The number of carbonyl (C=O) groups is 2. The molecule has 1 aromatic heterocycles. The first-order chi connectivity index (χ1) is 8.77. The normalized spacial score (nSPS) is 10.9. The Balaban J connectivity index is 2.63. The second-order valence-corrected chi connectivity index (χ2v) is 4.28. The van der Waals surface area contributed by atoms with Gasteiger partial charge >= 0.3 is 0 Å². The predicted octanol–water partition coefficient (Wildman–Crippen LogP) is 2.96. The Labute approximate surface area is 104 Å². The molecule has 2 aromatic carbocycles. The lowest BCUT2D eigenvalue weighted by atomic mass is 10.0. The van der Waals surface area contributed by atoms with Gasteiger partial charge in [-0.15, -0.1) is 0 Å². The zero-order chi connectivity index (χ0) is 12.7. The third-order valence-electron chi connectivity index (χ3n) is 3.39. The van der Waals surface area contributed by atoms with Crippen molar-refractivity contribution >= 4 is 34.4 Å². The van der Waals surface area contributed by atoms with Crippen molar-refractivity contribution in [2.45, 2.75) is 0 Å². The van der Waals surface area contributed by atoms with Gasteiger partial charge in [0.05, 0.1) is 5.52 Å². The van der Waals surface area contributed by atoms with Crippen molar-refractivity contribution in [1.82, 2.24) is 4.57 Å². The van der Waals surface area contributed by atoms with Crippen LogP contribution in [0.2, 0.25) is 0 Å². The van der Waals surface area contributed by atoms with Gasteiger partial charge in [-0.25, -0.2) is 0 Å². The molecule has 0 fully saturated rings. The number of aryl methyl sites for hydroxylation is 1. The molecule has 0 bridgehead atoms. The lowest BCUT2D eigenvalue weighted by Gasteiger charge is -2.03. The van der Waals surface area contributed by atoms with Crippen molar-refractivity contribution in [1.29, 1.82) is 0 Å². The van der Waals surface area contributed by atoms with Crippen LogP contribution in [0.3, 0.4) is 0 Å². The monoisotopic (exact) mass is 237 g/mol. The van der Waals surface area contributed by atoms with Gasteiger partial charge < -0.3 is 4.57 Å². The zero-order valence-corrected chi connectivity index (χ0v) is 9.88. The Morgan fingerprint density at radius 3 is 2.44 bits per heavy atom. The lowest BCUT2D eigenvalue weighted by molar-refractivity contribution is 0.109. The maximum Gasteiger partial charge on any atom is 0.152 e. The molecule has 0 atom stereocenters. The molecule has 3 heteroatoms. The van der Waals surface area contributed by atoms with Gasteiger partial charge in [-0.3, -0.25) is 9.59 Å². The summed E-state index contributed by atoms with van der Waals surface area (Å²) in [5.74, 6) is 0. The van der Waals surface area contributed by atoms with Crippen molar-refractivity contribution in [2.24, 2.45) is 7.05 Å². The lowest BCUT2D eigenvalue weighted by Crippen LogP contribution is -1.96. The van der Waals surface area contributed by atoms with Crippen LogP contribution in [-0.4, -0.2) is 17.1 Å². The van der Waals surface area contributed by atoms with E-state index in [9.17, 15) is 9.59 Å². The third kappa shape index (κ3) is 1.24. The molecule has 0 saturated heterocycles. The molecule has 0 spiro atoms. The second kappa shape index (κ2) is 3.81. The number of benzene rings is 2. The van der Waals surface area contributed by atoms with E-state index in [2.05, 4.69) is 0 Å². The predicted molar refractivity (Wildman–Crippen MR) is 71.2 cm³/mol. The molecule has 0 unspecified atom stereocenters. The fourth-order valence-electron chi connectivity index (χ4n) is 2.54. The average molecular weight is 237 g/mol. The minimum atomic E-state index is 0.434. The van der Waals surface area contributed by atoms with Crippen LogP contribution in [0.25, 0.3) is 21.8 Å². The van der Waals surface area contributed by atoms with E-state index in [1.54, 1.807) is 6.07 Å². The van der Waals surface area contributed by atoms with E-state index in [0.29, 0.717) is 11.1 Å². The molecule has 3 nitrogen and oxygen atoms in total. The van der Waals surface area contributed by atoms with E-state index in [-0.39, 0.29) is 0 Å². The maximum atomic E-state index is 11.3. The summed E-state index contributed by atoms with van der Waals surface area (Å²) in [6, 6.07) is 11.6. The van der Waals surface area contributed by atoms with Crippen LogP contribution >= 0.6 is 0 Å². The fourth-order valence-corrected chi connectivity index (χ4v) is 2.54. The number of aromatic nitrogens is 1. The van der Waals surface area contributed by atoms with Gasteiger partial charge in [0.1, 0.15) is 0 Å². The molecule has 0 saturated carbocycles. The Hall–Kier alpha value is -2.42. The molecule has 0 N–H and O–H groups in total. The number of hydrogen-bond acceptors (Lipinski definition) is 2. The second-order valence-electron chi connectivity index (χ2n) is 4.28. The van der Waals surface area contributed by atoms with E-state index in [1.807, 2.05) is 41.9 Å². The topological polar surface area (TPSA) is 39.1 Å².